The molecule has 1 amide bonds. The number of ether oxygens (including phenoxy) is 2. The molecular weight excluding hydrogens is 496 g/mol. The van der Waals surface area contributed by atoms with Gasteiger partial charge in [-0.2, -0.15) is 0 Å². The fourth-order valence-corrected chi connectivity index (χ4v) is 5.22. The quantitative estimate of drug-likeness (QED) is 0.278. The van der Waals surface area contributed by atoms with Gasteiger partial charge in [0.05, 0.1) is 6.04 Å². The van der Waals surface area contributed by atoms with E-state index < -0.39 is 18.1 Å². The van der Waals surface area contributed by atoms with E-state index in [1.54, 1.807) is 6.08 Å². The fraction of sp³-hybridized carbons (Fsp3) is 0.393. The van der Waals surface area contributed by atoms with Gasteiger partial charge in [0.15, 0.2) is 6.04 Å². The van der Waals surface area contributed by atoms with Crippen molar-refractivity contribution >= 4 is 18.0 Å². The fourth-order valence-electron chi connectivity index (χ4n) is 5.22. The second-order valence-electron chi connectivity index (χ2n) is 9.35. The molecule has 8 nitrogen and oxygen atoms in total. The average Bonchev–Trinajstić information content (AvgIpc) is 3.48. The highest BCUT2D eigenvalue weighted by Crippen LogP contribution is 2.44. The summed E-state index contributed by atoms with van der Waals surface area (Å²) < 4.78 is 10.6. The van der Waals surface area contributed by atoms with Crippen LogP contribution in [-0.2, 0) is 19.1 Å². The monoisotopic (exact) mass is 528 g/mol. The van der Waals surface area contributed by atoms with E-state index >= 15 is 0 Å². The number of fused-ring (bicyclic) bond motifs is 3. The molecule has 1 fully saturated rings. The number of amides is 1. The molecule has 2 aromatic rings. The van der Waals surface area contributed by atoms with Crippen LogP contribution in [0.4, 0.5) is 4.79 Å². The van der Waals surface area contributed by atoms with Crippen LogP contribution in [0.1, 0.15) is 49.1 Å². The molecule has 4 N–H and O–H groups in total. The number of aliphatic carboxylic acids is 1. The van der Waals surface area contributed by atoms with Crippen molar-refractivity contribution in [3.05, 3.63) is 72.3 Å². The number of carbonyl (C=O) groups excluding carboxylic acids is 2. The maximum absolute atomic E-state index is 12.5. The van der Waals surface area contributed by atoms with E-state index in [0.717, 1.165) is 41.5 Å². The van der Waals surface area contributed by atoms with Gasteiger partial charge in [0.25, 0.3) is 0 Å². The summed E-state index contributed by atoms with van der Waals surface area (Å²) in [7, 11) is 0. The summed E-state index contributed by atoms with van der Waals surface area (Å²) in [6, 6.07) is 15.1. The van der Waals surface area contributed by atoms with Crippen LogP contribution >= 0.6 is 0 Å². The molecule has 2 aromatic carbocycles. The molecule has 0 radical (unpaired) electrons. The van der Waals surface area contributed by atoms with Crippen molar-refractivity contribution < 1.29 is 46.7 Å². The minimum absolute atomic E-state index is 0. The zero-order valence-corrected chi connectivity index (χ0v) is 21.4. The Morgan fingerprint density at radius 1 is 1.05 bits per heavy atom. The Morgan fingerprint density at radius 2 is 1.70 bits per heavy atom. The van der Waals surface area contributed by atoms with Crippen molar-refractivity contribution in [1.29, 1.82) is 0 Å². The zero-order valence-electron chi connectivity index (χ0n) is 20.6. The number of hydrogen-bond acceptors (Lipinski definition) is 5. The van der Waals surface area contributed by atoms with Gasteiger partial charge in [0.2, 0.25) is 0 Å². The van der Waals surface area contributed by atoms with Crippen LogP contribution < -0.4 is 23.0 Å². The molecule has 0 saturated carbocycles. The molecule has 9 heteroatoms. The number of alkyl carbamates (subject to hydrolysis) is 1. The first-order chi connectivity index (χ1) is 17.5. The first-order valence-corrected chi connectivity index (χ1v) is 12.4. The minimum atomic E-state index is -1.09. The van der Waals surface area contributed by atoms with E-state index in [1.807, 2.05) is 41.7 Å². The Labute approximate surface area is 222 Å². The molecule has 0 spiro atoms. The molecule has 198 valence electrons. The third-order valence-electron chi connectivity index (χ3n) is 7.00. The third-order valence-corrected chi connectivity index (χ3v) is 7.00. The molecule has 1 unspecified atom stereocenters. The van der Waals surface area contributed by atoms with Crippen molar-refractivity contribution in [2.45, 2.75) is 56.1 Å². The van der Waals surface area contributed by atoms with E-state index in [2.05, 4.69) is 24.0 Å². The predicted molar refractivity (Wildman–Crippen MR) is 133 cm³/mol. The van der Waals surface area contributed by atoms with Gasteiger partial charge in [-0.3, -0.25) is 0 Å². The number of hydrogen-bond donors (Lipinski definition) is 3. The van der Waals surface area contributed by atoms with Gasteiger partial charge in [-0.25, -0.2) is 14.4 Å². The molecule has 4 rings (SSSR count). The number of quaternary nitrogens is 1. The van der Waals surface area contributed by atoms with Crippen LogP contribution in [0.3, 0.4) is 0 Å². The SMILES string of the molecule is C=CCOC(=O)[C@@H]1CCC(CCC[C@H](NC(=O)OCC2c3ccccc3-c3ccccc32)C(=O)O)[NH2+]1.[Cl-]. The van der Waals surface area contributed by atoms with Crippen molar-refractivity contribution in [3.8, 4) is 11.1 Å². The summed E-state index contributed by atoms with van der Waals surface area (Å²) in [5.74, 6) is -1.42. The highest BCUT2D eigenvalue weighted by Gasteiger charge is 2.34. The summed E-state index contributed by atoms with van der Waals surface area (Å²) in [4.78, 5) is 36.2. The van der Waals surface area contributed by atoms with Crippen molar-refractivity contribution in [3.63, 3.8) is 0 Å². The first kappa shape index (κ1) is 28.2. The standard InChI is InChI=1S/C28H32N2O6.ClH/c1-2-16-35-27(33)25-15-14-18(29-25)8-7-13-24(26(31)32)30-28(34)36-17-23-21-11-5-3-9-19(21)20-10-4-6-12-22(20)23;/h2-6,9-12,18,23-25,29H,1,7-8,13-17H2,(H,30,34)(H,31,32);1H/t18?,24-,25-;/m0./s1. The van der Waals surface area contributed by atoms with Crippen LogP contribution in [0.2, 0.25) is 0 Å². The molecule has 3 atom stereocenters. The first-order valence-electron chi connectivity index (χ1n) is 12.4. The number of esters is 1. The Balaban J connectivity index is 0.00000380. The summed E-state index contributed by atoms with van der Waals surface area (Å²) in [5, 5.41) is 14.1. The van der Waals surface area contributed by atoms with E-state index in [4.69, 9.17) is 9.47 Å². The molecule has 2 aliphatic rings. The van der Waals surface area contributed by atoms with Crippen LogP contribution in [0.25, 0.3) is 11.1 Å². The Hall–Kier alpha value is -3.36. The highest BCUT2D eigenvalue weighted by atomic mass is 35.5. The maximum atomic E-state index is 12.5. The second kappa shape index (κ2) is 13.3. The molecule has 0 bridgehead atoms. The van der Waals surface area contributed by atoms with Crippen molar-refractivity contribution in [1.82, 2.24) is 5.32 Å². The van der Waals surface area contributed by atoms with Gasteiger partial charge in [0, 0.05) is 18.8 Å². The smallest absolute Gasteiger partial charge is 0.407 e. The second-order valence-corrected chi connectivity index (χ2v) is 9.35. The number of rotatable bonds is 11. The van der Waals surface area contributed by atoms with Gasteiger partial charge in [0.1, 0.15) is 19.3 Å². The Bertz CT molecular complexity index is 1080. The average molecular weight is 529 g/mol. The molecule has 0 aromatic heterocycles. The molecule has 1 heterocycles. The lowest BCUT2D eigenvalue weighted by atomic mass is 9.98. The number of halogens is 1. The number of nitrogens with one attached hydrogen (secondary N) is 1. The normalized spacial score (nSPS) is 18.6. The summed E-state index contributed by atoms with van der Waals surface area (Å²) in [6.07, 6.45) is 4.06. The molecule has 37 heavy (non-hydrogen) atoms. The lowest BCUT2D eigenvalue weighted by Gasteiger charge is -2.18. The van der Waals surface area contributed by atoms with Crippen molar-refractivity contribution in [2.24, 2.45) is 0 Å². The van der Waals surface area contributed by atoms with E-state index in [-0.39, 0.29) is 56.0 Å². The van der Waals surface area contributed by atoms with Crippen LogP contribution in [0, 0.1) is 0 Å². The highest BCUT2D eigenvalue weighted by molar-refractivity contribution is 5.81. The van der Waals surface area contributed by atoms with Crippen molar-refractivity contribution in [2.75, 3.05) is 13.2 Å². The topological polar surface area (TPSA) is 119 Å². The molecule has 1 aliphatic heterocycles. The van der Waals surface area contributed by atoms with Gasteiger partial charge in [-0.1, -0.05) is 61.2 Å². The number of carboxylic acids is 1. The number of carbonyl (C=O) groups is 3. The van der Waals surface area contributed by atoms with Gasteiger partial charge in [-0.15, -0.1) is 0 Å². The lowest BCUT2D eigenvalue weighted by Crippen LogP contribution is -3.00. The van der Waals surface area contributed by atoms with E-state index in [1.165, 1.54) is 0 Å². The van der Waals surface area contributed by atoms with E-state index in [9.17, 15) is 19.5 Å². The van der Waals surface area contributed by atoms with Gasteiger partial charge >= 0.3 is 18.0 Å². The molecular formula is C28H33ClN2O6. The number of carboxylic acid groups (broad SMARTS) is 1. The van der Waals surface area contributed by atoms with Crippen LogP contribution in [0.5, 0.6) is 0 Å². The summed E-state index contributed by atoms with van der Waals surface area (Å²) in [5.41, 5.74) is 4.46. The maximum Gasteiger partial charge on any atom is 0.407 e. The Kier molecular flexibility index (Phi) is 10.1. The minimum Gasteiger partial charge on any atom is -1.00 e. The summed E-state index contributed by atoms with van der Waals surface area (Å²) in [6.45, 7) is 3.88. The van der Waals surface area contributed by atoms with Crippen LogP contribution in [0.15, 0.2) is 61.2 Å². The van der Waals surface area contributed by atoms with E-state index in [0.29, 0.717) is 6.42 Å². The number of benzene rings is 2. The lowest BCUT2D eigenvalue weighted by molar-refractivity contribution is -0.691. The third kappa shape index (κ3) is 6.90. The van der Waals surface area contributed by atoms with Gasteiger partial charge in [-0.05, 0) is 41.5 Å². The van der Waals surface area contributed by atoms with Crippen LogP contribution in [-0.4, -0.2) is 54.5 Å². The molecule has 1 saturated heterocycles. The largest absolute Gasteiger partial charge is 1.00 e. The summed E-state index contributed by atoms with van der Waals surface area (Å²) >= 11 is 0. The number of nitrogens with two attached hydrogens (primary N) is 1. The predicted octanol–water partition coefficient (Wildman–Crippen LogP) is -0.0238. The molecule has 1 aliphatic carbocycles. The van der Waals surface area contributed by atoms with Gasteiger partial charge < -0.3 is 37.6 Å². The Morgan fingerprint density at radius 3 is 2.32 bits per heavy atom. The zero-order chi connectivity index (χ0) is 25.5.